The average molecular weight is 340 g/mol. The van der Waals surface area contributed by atoms with Gasteiger partial charge in [-0.3, -0.25) is 4.79 Å². The smallest absolute Gasteiger partial charge is 0.260 e. The van der Waals surface area contributed by atoms with Gasteiger partial charge in [-0.2, -0.15) is 0 Å². The average Bonchev–Trinajstić information content (AvgIpc) is 2.90. The first-order valence-electron chi connectivity index (χ1n) is 6.12. The Hall–Kier alpha value is -0.680. The molecule has 0 saturated carbocycles. The standard InChI is InChI=1S/C13H16Cl2N2O2.ClH/c1-17(10-4-5-16-7-10)13(18)8-19-12-3-2-9(14)6-11(12)15;/h2-3,6,10,16H,4-5,7-8H2,1H3;1H. The largest absolute Gasteiger partial charge is 0.482 e. The van der Waals surface area contributed by atoms with Crippen molar-refractivity contribution in [3.05, 3.63) is 28.2 Å². The molecule has 1 saturated heterocycles. The molecular formula is C13H17Cl3N2O2. The summed E-state index contributed by atoms with van der Waals surface area (Å²) in [6.07, 6.45) is 0.976. The molecule has 1 heterocycles. The van der Waals surface area contributed by atoms with Crippen LogP contribution in [0.4, 0.5) is 0 Å². The molecule has 1 aromatic rings. The third-order valence-corrected chi connectivity index (χ3v) is 3.75. The molecule has 1 aromatic carbocycles. The minimum Gasteiger partial charge on any atom is -0.482 e. The Morgan fingerprint density at radius 2 is 2.25 bits per heavy atom. The number of likely N-dealkylation sites (N-methyl/N-ethyl adjacent to an activating group) is 1. The van der Waals surface area contributed by atoms with Gasteiger partial charge in [-0.1, -0.05) is 23.2 Å². The van der Waals surface area contributed by atoms with Crippen molar-refractivity contribution >= 4 is 41.5 Å². The molecule has 1 unspecified atom stereocenters. The number of carbonyl (C=O) groups is 1. The van der Waals surface area contributed by atoms with Gasteiger partial charge in [-0.15, -0.1) is 12.4 Å². The number of benzene rings is 1. The molecule has 0 aliphatic carbocycles. The van der Waals surface area contributed by atoms with Gasteiger partial charge in [-0.25, -0.2) is 0 Å². The van der Waals surface area contributed by atoms with E-state index in [1.165, 1.54) is 0 Å². The number of hydrogen-bond acceptors (Lipinski definition) is 3. The molecule has 1 amide bonds. The molecule has 2 rings (SSSR count). The third kappa shape index (κ3) is 4.42. The van der Waals surface area contributed by atoms with Gasteiger partial charge in [-0.05, 0) is 31.2 Å². The fourth-order valence-electron chi connectivity index (χ4n) is 2.01. The Balaban J connectivity index is 0.00000200. The Bertz CT molecular complexity index is 465. The van der Waals surface area contributed by atoms with Crippen LogP contribution in [0.1, 0.15) is 6.42 Å². The highest BCUT2D eigenvalue weighted by atomic mass is 35.5. The molecule has 1 aliphatic rings. The first-order chi connectivity index (χ1) is 9.08. The van der Waals surface area contributed by atoms with E-state index in [-0.39, 0.29) is 31.0 Å². The fraction of sp³-hybridized carbons (Fsp3) is 0.462. The van der Waals surface area contributed by atoms with Gasteiger partial charge < -0.3 is 15.0 Å². The van der Waals surface area contributed by atoms with Crippen LogP contribution in [-0.2, 0) is 4.79 Å². The van der Waals surface area contributed by atoms with Crippen LogP contribution in [0.25, 0.3) is 0 Å². The number of ether oxygens (including phenoxy) is 1. The van der Waals surface area contributed by atoms with E-state index in [9.17, 15) is 4.79 Å². The van der Waals surface area contributed by atoms with Crippen LogP contribution >= 0.6 is 35.6 Å². The second kappa shape index (κ2) is 7.93. The molecule has 7 heteroatoms. The Morgan fingerprint density at radius 3 is 2.85 bits per heavy atom. The van der Waals surface area contributed by atoms with Crippen LogP contribution in [0.2, 0.25) is 10.0 Å². The van der Waals surface area contributed by atoms with Crippen LogP contribution in [0.3, 0.4) is 0 Å². The summed E-state index contributed by atoms with van der Waals surface area (Å²) in [5.74, 6) is 0.414. The molecule has 1 N–H and O–H groups in total. The van der Waals surface area contributed by atoms with E-state index in [1.54, 1.807) is 30.1 Å². The number of amides is 1. The summed E-state index contributed by atoms with van der Waals surface area (Å²) in [6, 6.07) is 5.18. The first kappa shape index (κ1) is 17.4. The van der Waals surface area contributed by atoms with Crippen molar-refractivity contribution in [2.75, 3.05) is 26.7 Å². The number of nitrogens with one attached hydrogen (secondary N) is 1. The summed E-state index contributed by atoms with van der Waals surface area (Å²) in [6.45, 7) is 1.77. The quantitative estimate of drug-likeness (QED) is 0.917. The van der Waals surface area contributed by atoms with Crippen LogP contribution in [0.15, 0.2) is 18.2 Å². The van der Waals surface area contributed by atoms with Crippen molar-refractivity contribution in [3.63, 3.8) is 0 Å². The van der Waals surface area contributed by atoms with Crippen LogP contribution in [-0.4, -0.2) is 43.6 Å². The maximum Gasteiger partial charge on any atom is 0.260 e. The van der Waals surface area contributed by atoms with E-state index < -0.39 is 0 Å². The third-order valence-electron chi connectivity index (χ3n) is 3.22. The minimum atomic E-state index is -0.0558. The maximum absolute atomic E-state index is 12.0. The van der Waals surface area contributed by atoms with Crippen molar-refractivity contribution in [1.29, 1.82) is 0 Å². The van der Waals surface area contributed by atoms with Gasteiger partial charge in [0, 0.05) is 24.7 Å². The molecule has 1 aliphatic heterocycles. The summed E-state index contributed by atoms with van der Waals surface area (Å²) in [5.41, 5.74) is 0. The first-order valence-corrected chi connectivity index (χ1v) is 6.88. The molecule has 112 valence electrons. The molecule has 0 radical (unpaired) electrons. The SMILES string of the molecule is CN(C(=O)COc1ccc(Cl)cc1Cl)C1CCNC1.Cl. The van der Waals surface area contributed by atoms with E-state index in [1.807, 2.05) is 0 Å². The van der Waals surface area contributed by atoms with Crippen LogP contribution < -0.4 is 10.1 Å². The second-order valence-electron chi connectivity index (χ2n) is 4.51. The van der Waals surface area contributed by atoms with E-state index in [4.69, 9.17) is 27.9 Å². The van der Waals surface area contributed by atoms with E-state index in [0.717, 1.165) is 19.5 Å². The summed E-state index contributed by atoms with van der Waals surface area (Å²) < 4.78 is 5.43. The Kier molecular flexibility index (Phi) is 6.89. The number of carbonyl (C=O) groups excluding carboxylic acids is 1. The van der Waals surface area contributed by atoms with Gasteiger partial charge >= 0.3 is 0 Å². The Labute approximate surface area is 134 Å². The zero-order chi connectivity index (χ0) is 13.8. The monoisotopic (exact) mass is 338 g/mol. The number of rotatable bonds is 4. The van der Waals surface area contributed by atoms with Crippen molar-refractivity contribution in [1.82, 2.24) is 10.2 Å². The molecule has 0 bridgehead atoms. The van der Waals surface area contributed by atoms with Gasteiger partial charge in [0.25, 0.3) is 5.91 Å². The lowest BCUT2D eigenvalue weighted by Gasteiger charge is -2.23. The minimum absolute atomic E-state index is 0. The molecule has 0 spiro atoms. The molecular weight excluding hydrogens is 323 g/mol. The summed E-state index contributed by atoms with van der Waals surface area (Å²) in [4.78, 5) is 13.7. The summed E-state index contributed by atoms with van der Waals surface area (Å²) in [7, 11) is 1.80. The van der Waals surface area contributed by atoms with Crippen LogP contribution in [0.5, 0.6) is 5.75 Å². The highest BCUT2D eigenvalue weighted by Gasteiger charge is 2.23. The maximum atomic E-state index is 12.0. The van der Waals surface area contributed by atoms with Gasteiger partial charge in [0.2, 0.25) is 0 Å². The van der Waals surface area contributed by atoms with Gasteiger partial charge in [0.15, 0.2) is 6.61 Å². The van der Waals surface area contributed by atoms with Gasteiger partial charge in [0.05, 0.1) is 5.02 Å². The normalized spacial score (nSPS) is 17.4. The fourth-order valence-corrected chi connectivity index (χ4v) is 2.47. The highest BCUT2D eigenvalue weighted by Crippen LogP contribution is 2.27. The zero-order valence-corrected chi connectivity index (χ0v) is 13.4. The van der Waals surface area contributed by atoms with E-state index in [2.05, 4.69) is 5.32 Å². The van der Waals surface area contributed by atoms with E-state index >= 15 is 0 Å². The Morgan fingerprint density at radius 1 is 1.50 bits per heavy atom. The van der Waals surface area contributed by atoms with Crippen molar-refractivity contribution in [2.24, 2.45) is 0 Å². The topological polar surface area (TPSA) is 41.6 Å². The van der Waals surface area contributed by atoms with E-state index in [0.29, 0.717) is 15.8 Å². The molecule has 20 heavy (non-hydrogen) atoms. The zero-order valence-electron chi connectivity index (χ0n) is 11.1. The number of nitrogens with zero attached hydrogens (tertiary/aromatic N) is 1. The summed E-state index contributed by atoms with van der Waals surface area (Å²) in [5, 5.41) is 4.17. The lowest BCUT2D eigenvalue weighted by atomic mass is 10.2. The molecule has 0 aromatic heterocycles. The summed E-state index contributed by atoms with van der Waals surface area (Å²) >= 11 is 11.8. The van der Waals surface area contributed by atoms with Gasteiger partial charge in [0.1, 0.15) is 5.75 Å². The molecule has 1 fully saturated rings. The van der Waals surface area contributed by atoms with Crippen LogP contribution in [0, 0.1) is 0 Å². The number of hydrogen-bond donors (Lipinski definition) is 1. The molecule has 4 nitrogen and oxygen atoms in total. The lowest BCUT2D eigenvalue weighted by Crippen LogP contribution is -2.40. The second-order valence-corrected chi connectivity index (χ2v) is 5.36. The highest BCUT2D eigenvalue weighted by molar-refractivity contribution is 6.35. The predicted octanol–water partition coefficient (Wildman–Crippen LogP) is 2.61. The van der Waals surface area contributed by atoms with Crippen molar-refractivity contribution in [3.8, 4) is 5.75 Å². The van der Waals surface area contributed by atoms with Crippen molar-refractivity contribution < 1.29 is 9.53 Å². The number of halogens is 3. The lowest BCUT2D eigenvalue weighted by molar-refractivity contribution is -0.133. The van der Waals surface area contributed by atoms with Crippen molar-refractivity contribution in [2.45, 2.75) is 12.5 Å². The predicted molar refractivity (Wildman–Crippen MR) is 83.2 cm³/mol. The molecule has 1 atom stereocenters.